The molecule has 1 aliphatic rings. The van der Waals surface area contributed by atoms with Crippen molar-refractivity contribution < 1.29 is 0 Å². The third-order valence-corrected chi connectivity index (χ3v) is 4.43. The number of hydrogen-bond acceptors (Lipinski definition) is 4. The number of aromatic nitrogens is 1. The minimum Gasteiger partial charge on any atom is -0.314 e. The van der Waals surface area contributed by atoms with E-state index in [2.05, 4.69) is 36.5 Å². The average molecular weight is 267 g/mol. The molecule has 102 valence electrons. The summed E-state index contributed by atoms with van der Waals surface area (Å²) < 4.78 is 0. The molecule has 18 heavy (non-hydrogen) atoms. The second-order valence-corrected chi connectivity index (χ2v) is 6.57. The first-order valence-corrected chi connectivity index (χ1v) is 7.89. The van der Waals surface area contributed by atoms with E-state index in [0.29, 0.717) is 12.0 Å². The second kappa shape index (κ2) is 6.64. The van der Waals surface area contributed by atoms with Gasteiger partial charge in [0.15, 0.2) is 0 Å². The molecule has 0 amide bonds. The summed E-state index contributed by atoms with van der Waals surface area (Å²) in [7, 11) is 2.21. The summed E-state index contributed by atoms with van der Waals surface area (Å²) in [6.45, 7) is 7.82. The largest absolute Gasteiger partial charge is 0.314 e. The predicted octanol–water partition coefficient (Wildman–Crippen LogP) is 2.49. The van der Waals surface area contributed by atoms with Gasteiger partial charge in [0, 0.05) is 36.9 Å². The summed E-state index contributed by atoms with van der Waals surface area (Å²) in [5.74, 6) is 0.659. The summed E-state index contributed by atoms with van der Waals surface area (Å²) in [5.41, 5.74) is 1.33. The third kappa shape index (κ3) is 4.04. The van der Waals surface area contributed by atoms with Crippen molar-refractivity contribution >= 4 is 11.3 Å². The number of nitrogens with one attached hydrogen (secondary N) is 1. The highest BCUT2D eigenvalue weighted by Gasteiger charge is 2.20. The molecule has 0 aromatic carbocycles. The molecule has 0 radical (unpaired) electrons. The zero-order valence-electron chi connectivity index (χ0n) is 11.8. The Labute approximate surface area is 115 Å². The van der Waals surface area contributed by atoms with E-state index in [4.69, 9.17) is 4.98 Å². The SMILES string of the molecule is CC(C)NCCc1nc(C2CCCN(C)C2)cs1. The smallest absolute Gasteiger partial charge is 0.0941 e. The van der Waals surface area contributed by atoms with Crippen molar-refractivity contribution in [3.8, 4) is 0 Å². The van der Waals surface area contributed by atoms with Crippen molar-refractivity contribution in [1.29, 1.82) is 0 Å². The lowest BCUT2D eigenvalue weighted by Gasteiger charge is -2.28. The summed E-state index contributed by atoms with van der Waals surface area (Å²) >= 11 is 1.83. The molecule has 1 fully saturated rings. The Hall–Kier alpha value is -0.450. The van der Waals surface area contributed by atoms with Gasteiger partial charge in [-0.05, 0) is 26.4 Å². The lowest BCUT2D eigenvalue weighted by Crippen LogP contribution is -2.31. The van der Waals surface area contributed by atoms with Crippen LogP contribution in [0.2, 0.25) is 0 Å². The molecule has 4 heteroatoms. The number of likely N-dealkylation sites (tertiary alicyclic amines) is 1. The molecule has 0 aliphatic carbocycles. The van der Waals surface area contributed by atoms with Crippen LogP contribution in [0.4, 0.5) is 0 Å². The third-order valence-electron chi connectivity index (χ3n) is 3.50. The van der Waals surface area contributed by atoms with E-state index in [-0.39, 0.29) is 0 Å². The fourth-order valence-electron chi connectivity index (χ4n) is 2.50. The van der Waals surface area contributed by atoms with Crippen LogP contribution < -0.4 is 5.32 Å². The highest BCUT2D eigenvalue weighted by Crippen LogP contribution is 2.27. The fourth-order valence-corrected chi connectivity index (χ4v) is 3.38. The Morgan fingerprint density at radius 1 is 1.56 bits per heavy atom. The zero-order chi connectivity index (χ0) is 13.0. The molecule has 1 aliphatic heterocycles. The van der Waals surface area contributed by atoms with E-state index < -0.39 is 0 Å². The summed E-state index contributed by atoms with van der Waals surface area (Å²) in [6.07, 6.45) is 3.67. The molecule has 1 saturated heterocycles. The van der Waals surface area contributed by atoms with E-state index in [1.165, 1.54) is 36.6 Å². The predicted molar refractivity (Wildman–Crippen MR) is 78.4 cm³/mol. The van der Waals surface area contributed by atoms with Crippen molar-refractivity contribution in [3.05, 3.63) is 16.1 Å². The zero-order valence-corrected chi connectivity index (χ0v) is 12.6. The Morgan fingerprint density at radius 3 is 3.11 bits per heavy atom. The van der Waals surface area contributed by atoms with Gasteiger partial charge in [0.2, 0.25) is 0 Å². The number of hydrogen-bond donors (Lipinski definition) is 1. The van der Waals surface area contributed by atoms with Gasteiger partial charge in [-0.15, -0.1) is 11.3 Å². The van der Waals surface area contributed by atoms with E-state index in [0.717, 1.165) is 13.0 Å². The highest BCUT2D eigenvalue weighted by atomic mass is 32.1. The Bertz CT molecular complexity index is 362. The van der Waals surface area contributed by atoms with Crippen molar-refractivity contribution in [3.63, 3.8) is 0 Å². The second-order valence-electron chi connectivity index (χ2n) is 5.63. The Balaban J connectivity index is 1.85. The highest BCUT2D eigenvalue weighted by molar-refractivity contribution is 7.09. The molecule has 1 unspecified atom stereocenters. The molecule has 1 N–H and O–H groups in total. The van der Waals surface area contributed by atoms with Crippen LogP contribution in [0.25, 0.3) is 0 Å². The number of likely N-dealkylation sites (N-methyl/N-ethyl adjacent to an activating group) is 1. The number of rotatable bonds is 5. The lowest BCUT2D eigenvalue weighted by molar-refractivity contribution is 0.249. The van der Waals surface area contributed by atoms with E-state index >= 15 is 0 Å². The van der Waals surface area contributed by atoms with Crippen molar-refractivity contribution in [2.75, 3.05) is 26.7 Å². The molecule has 1 aromatic rings. The molecular formula is C14H25N3S. The van der Waals surface area contributed by atoms with Crippen LogP contribution >= 0.6 is 11.3 Å². The number of nitrogens with zero attached hydrogens (tertiary/aromatic N) is 2. The van der Waals surface area contributed by atoms with Gasteiger partial charge in [-0.1, -0.05) is 13.8 Å². The van der Waals surface area contributed by atoms with Gasteiger partial charge >= 0.3 is 0 Å². The maximum Gasteiger partial charge on any atom is 0.0941 e. The van der Waals surface area contributed by atoms with Crippen molar-refractivity contribution in [2.24, 2.45) is 0 Å². The monoisotopic (exact) mass is 267 g/mol. The van der Waals surface area contributed by atoms with Crippen LogP contribution in [-0.4, -0.2) is 42.6 Å². The van der Waals surface area contributed by atoms with Gasteiger partial charge in [-0.25, -0.2) is 4.98 Å². The molecule has 2 rings (SSSR count). The normalized spacial score (nSPS) is 21.7. The van der Waals surface area contributed by atoms with Gasteiger partial charge in [0.1, 0.15) is 0 Å². The molecule has 0 spiro atoms. The Kier molecular flexibility index (Phi) is 5.15. The minimum atomic E-state index is 0.566. The van der Waals surface area contributed by atoms with E-state index in [1.54, 1.807) is 0 Å². The fraction of sp³-hybridized carbons (Fsp3) is 0.786. The maximum atomic E-state index is 4.82. The van der Waals surface area contributed by atoms with Gasteiger partial charge in [0.05, 0.1) is 10.7 Å². The summed E-state index contributed by atoms with van der Waals surface area (Å²) in [4.78, 5) is 7.24. The Morgan fingerprint density at radius 2 is 2.39 bits per heavy atom. The van der Waals surface area contributed by atoms with Gasteiger partial charge in [-0.2, -0.15) is 0 Å². The van der Waals surface area contributed by atoms with Crippen LogP contribution in [0.15, 0.2) is 5.38 Å². The van der Waals surface area contributed by atoms with Crippen LogP contribution in [0.3, 0.4) is 0 Å². The average Bonchev–Trinajstić information content (AvgIpc) is 2.77. The molecule has 1 atom stereocenters. The van der Waals surface area contributed by atoms with Crippen LogP contribution in [0.1, 0.15) is 43.3 Å². The van der Waals surface area contributed by atoms with Crippen LogP contribution in [-0.2, 0) is 6.42 Å². The van der Waals surface area contributed by atoms with Gasteiger partial charge in [0.25, 0.3) is 0 Å². The molecule has 0 bridgehead atoms. The number of thiazole rings is 1. The maximum absolute atomic E-state index is 4.82. The van der Waals surface area contributed by atoms with Crippen molar-refractivity contribution in [1.82, 2.24) is 15.2 Å². The quantitative estimate of drug-likeness (QED) is 0.888. The van der Waals surface area contributed by atoms with Crippen LogP contribution in [0, 0.1) is 0 Å². The first-order chi connectivity index (χ1) is 8.65. The first-order valence-electron chi connectivity index (χ1n) is 7.01. The van der Waals surface area contributed by atoms with E-state index in [1.807, 2.05) is 11.3 Å². The standard InChI is InChI=1S/C14H25N3S/c1-11(2)15-7-6-14-16-13(10-18-14)12-5-4-8-17(3)9-12/h10-12,15H,4-9H2,1-3H3. The van der Waals surface area contributed by atoms with Gasteiger partial charge in [-0.3, -0.25) is 0 Å². The summed E-state index contributed by atoms with van der Waals surface area (Å²) in [6, 6.07) is 0.566. The minimum absolute atomic E-state index is 0.566. The molecular weight excluding hydrogens is 242 g/mol. The molecule has 0 saturated carbocycles. The molecule has 3 nitrogen and oxygen atoms in total. The van der Waals surface area contributed by atoms with Crippen molar-refractivity contribution in [2.45, 2.75) is 45.1 Å². The molecule has 1 aromatic heterocycles. The van der Waals surface area contributed by atoms with E-state index in [9.17, 15) is 0 Å². The van der Waals surface area contributed by atoms with Gasteiger partial charge < -0.3 is 10.2 Å². The van der Waals surface area contributed by atoms with Crippen LogP contribution in [0.5, 0.6) is 0 Å². The lowest BCUT2D eigenvalue weighted by atomic mass is 9.96. The topological polar surface area (TPSA) is 28.2 Å². The first kappa shape index (κ1) is 14.0. The summed E-state index contributed by atoms with van der Waals surface area (Å²) in [5, 5.41) is 7.00. The number of piperidine rings is 1. The molecule has 2 heterocycles.